The summed E-state index contributed by atoms with van der Waals surface area (Å²) in [6, 6.07) is 13.2. The van der Waals surface area contributed by atoms with Gasteiger partial charge in [0.25, 0.3) is 0 Å². The van der Waals surface area contributed by atoms with Crippen LogP contribution in [0.5, 0.6) is 0 Å². The summed E-state index contributed by atoms with van der Waals surface area (Å²) >= 11 is 0. The van der Waals surface area contributed by atoms with Crippen LogP contribution in [0.2, 0.25) is 0 Å². The van der Waals surface area contributed by atoms with Crippen molar-refractivity contribution in [2.45, 2.75) is 45.7 Å². The highest BCUT2D eigenvalue weighted by Crippen LogP contribution is 2.25. The van der Waals surface area contributed by atoms with Gasteiger partial charge in [-0.1, -0.05) is 37.3 Å². The lowest BCUT2D eigenvalue weighted by molar-refractivity contribution is -0.134. The zero-order valence-electron chi connectivity index (χ0n) is 16.6. The maximum atomic E-state index is 13.9. The third-order valence-electron chi connectivity index (χ3n) is 4.94. The zero-order valence-corrected chi connectivity index (χ0v) is 16.6. The van der Waals surface area contributed by atoms with E-state index >= 15 is 0 Å². The number of rotatable bonds is 8. The van der Waals surface area contributed by atoms with Gasteiger partial charge in [0.2, 0.25) is 5.91 Å². The monoisotopic (exact) mass is 398 g/mol. The number of nitrogens with zero attached hydrogens (tertiary/aromatic N) is 2. The number of carbonyl (C=O) groups excluding carboxylic acids is 1. The van der Waals surface area contributed by atoms with Gasteiger partial charge in [-0.3, -0.25) is 4.79 Å². The van der Waals surface area contributed by atoms with Crippen molar-refractivity contribution in [3.05, 3.63) is 77.8 Å². The normalized spacial score (nSPS) is 12.0. The van der Waals surface area contributed by atoms with E-state index in [0.717, 1.165) is 24.1 Å². The molecule has 0 saturated carbocycles. The van der Waals surface area contributed by atoms with Crippen LogP contribution >= 0.6 is 0 Å². The Hall–Kier alpha value is -3.02. The van der Waals surface area contributed by atoms with E-state index in [9.17, 15) is 13.6 Å². The second kappa shape index (κ2) is 9.45. The molecule has 1 aromatic heterocycles. The van der Waals surface area contributed by atoms with Crippen LogP contribution in [-0.2, 0) is 17.8 Å². The van der Waals surface area contributed by atoms with Crippen molar-refractivity contribution in [3.8, 4) is 11.3 Å². The largest absolute Gasteiger partial charge is 0.441 e. The van der Waals surface area contributed by atoms with Gasteiger partial charge in [-0.05, 0) is 31.0 Å². The second-order valence-corrected chi connectivity index (χ2v) is 7.01. The Kier molecular flexibility index (Phi) is 6.75. The van der Waals surface area contributed by atoms with E-state index in [1.807, 2.05) is 49.1 Å². The van der Waals surface area contributed by atoms with E-state index < -0.39 is 11.6 Å². The first-order chi connectivity index (χ1) is 14.0. The average molecular weight is 398 g/mol. The highest BCUT2D eigenvalue weighted by molar-refractivity contribution is 5.76. The van der Waals surface area contributed by atoms with Crippen LogP contribution in [0, 0.1) is 11.6 Å². The molecule has 152 valence electrons. The van der Waals surface area contributed by atoms with E-state index in [1.165, 1.54) is 12.3 Å². The molecule has 0 saturated heterocycles. The minimum atomic E-state index is -0.713. The third-order valence-corrected chi connectivity index (χ3v) is 4.94. The molecule has 0 N–H and O–H groups in total. The van der Waals surface area contributed by atoms with Crippen LogP contribution in [0.4, 0.5) is 8.78 Å². The van der Waals surface area contributed by atoms with Crippen molar-refractivity contribution < 1.29 is 18.0 Å². The molecule has 3 rings (SSSR count). The predicted molar refractivity (Wildman–Crippen MR) is 107 cm³/mol. The molecule has 0 radical (unpaired) electrons. The number of halogens is 2. The molecule has 0 spiro atoms. The summed E-state index contributed by atoms with van der Waals surface area (Å²) in [6.45, 7) is 4.63. The Bertz CT molecular complexity index is 957. The van der Waals surface area contributed by atoms with Crippen molar-refractivity contribution in [3.63, 3.8) is 0 Å². The van der Waals surface area contributed by atoms with Crippen LogP contribution in [0.15, 0.2) is 59.1 Å². The molecule has 0 aliphatic heterocycles. The fourth-order valence-electron chi connectivity index (χ4n) is 3.09. The SMILES string of the molecule is CCC(C)N(Cc1ccccc1)C(=O)CCc1ncc(-c2ccc(F)cc2F)o1. The van der Waals surface area contributed by atoms with E-state index in [4.69, 9.17) is 4.42 Å². The molecule has 4 nitrogen and oxygen atoms in total. The molecule has 3 aromatic rings. The topological polar surface area (TPSA) is 46.3 Å². The minimum absolute atomic E-state index is 0.0101. The number of aryl methyl sites for hydroxylation is 1. The van der Waals surface area contributed by atoms with Gasteiger partial charge >= 0.3 is 0 Å². The zero-order chi connectivity index (χ0) is 20.8. The molecular weight excluding hydrogens is 374 g/mol. The number of amides is 1. The molecule has 0 aliphatic carbocycles. The highest BCUT2D eigenvalue weighted by atomic mass is 19.1. The summed E-state index contributed by atoms with van der Waals surface area (Å²) in [4.78, 5) is 18.8. The van der Waals surface area contributed by atoms with Crippen molar-refractivity contribution in [1.29, 1.82) is 0 Å². The Morgan fingerprint density at radius 3 is 2.62 bits per heavy atom. The van der Waals surface area contributed by atoms with Crippen molar-refractivity contribution in [1.82, 2.24) is 9.88 Å². The first-order valence-electron chi connectivity index (χ1n) is 9.71. The maximum absolute atomic E-state index is 13.9. The first-order valence-corrected chi connectivity index (χ1v) is 9.71. The fourth-order valence-corrected chi connectivity index (χ4v) is 3.09. The second-order valence-electron chi connectivity index (χ2n) is 7.01. The number of benzene rings is 2. The lowest BCUT2D eigenvalue weighted by Crippen LogP contribution is -2.37. The van der Waals surface area contributed by atoms with E-state index in [2.05, 4.69) is 4.98 Å². The molecule has 0 fully saturated rings. The summed E-state index contributed by atoms with van der Waals surface area (Å²) in [6.07, 6.45) is 2.80. The Morgan fingerprint density at radius 1 is 1.17 bits per heavy atom. The number of hydrogen-bond donors (Lipinski definition) is 0. The molecule has 1 heterocycles. The van der Waals surface area contributed by atoms with Crippen LogP contribution in [0.3, 0.4) is 0 Å². The van der Waals surface area contributed by atoms with Gasteiger partial charge in [0.15, 0.2) is 11.7 Å². The van der Waals surface area contributed by atoms with Gasteiger partial charge < -0.3 is 9.32 Å². The van der Waals surface area contributed by atoms with Gasteiger partial charge in [0.1, 0.15) is 11.6 Å². The lowest BCUT2D eigenvalue weighted by atomic mass is 10.1. The molecule has 0 bridgehead atoms. The van der Waals surface area contributed by atoms with Crippen LogP contribution in [-0.4, -0.2) is 21.8 Å². The third kappa shape index (κ3) is 5.28. The summed E-state index contributed by atoms with van der Waals surface area (Å²) in [5.41, 5.74) is 1.22. The molecule has 2 aromatic carbocycles. The van der Waals surface area contributed by atoms with Crippen molar-refractivity contribution in [2.75, 3.05) is 0 Å². The molecule has 0 aliphatic rings. The standard InChI is InChI=1S/C23H24F2N2O2/c1-3-16(2)27(15-17-7-5-4-6-8-17)23(28)12-11-22-26-14-21(29-22)19-10-9-18(24)13-20(19)25/h4-10,13-14,16H,3,11-12,15H2,1-2H3. The minimum Gasteiger partial charge on any atom is -0.441 e. The maximum Gasteiger partial charge on any atom is 0.223 e. The number of aromatic nitrogens is 1. The number of oxazole rings is 1. The summed E-state index contributed by atoms with van der Waals surface area (Å²) in [5, 5.41) is 0. The van der Waals surface area contributed by atoms with E-state index in [0.29, 0.717) is 18.9 Å². The average Bonchev–Trinajstić information content (AvgIpc) is 3.19. The molecule has 1 unspecified atom stereocenters. The van der Waals surface area contributed by atoms with Crippen LogP contribution in [0.25, 0.3) is 11.3 Å². The quantitative estimate of drug-likeness (QED) is 0.512. The fraction of sp³-hybridized carbons (Fsp3) is 0.304. The van der Waals surface area contributed by atoms with Crippen molar-refractivity contribution >= 4 is 5.91 Å². The van der Waals surface area contributed by atoms with Crippen LogP contribution in [0.1, 0.15) is 38.1 Å². The highest BCUT2D eigenvalue weighted by Gasteiger charge is 2.20. The number of carbonyl (C=O) groups is 1. The van der Waals surface area contributed by atoms with E-state index in [-0.39, 0.29) is 29.7 Å². The Labute approximate surface area is 169 Å². The summed E-state index contributed by atoms with van der Waals surface area (Å²) in [5.74, 6) is -0.792. The van der Waals surface area contributed by atoms with Crippen molar-refractivity contribution in [2.24, 2.45) is 0 Å². The van der Waals surface area contributed by atoms with Crippen LogP contribution < -0.4 is 0 Å². The van der Waals surface area contributed by atoms with Gasteiger partial charge in [0, 0.05) is 31.5 Å². The molecule has 29 heavy (non-hydrogen) atoms. The molecule has 6 heteroatoms. The predicted octanol–water partition coefficient (Wildman–Crippen LogP) is 5.38. The number of hydrogen-bond acceptors (Lipinski definition) is 3. The molecular formula is C23H24F2N2O2. The van der Waals surface area contributed by atoms with Gasteiger partial charge in [0.05, 0.1) is 11.8 Å². The van der Waals surface area contributed by atoms with E-state index in [1.54, 1.807) is 0 Å². The Morgan fingerprint density at radius 2 is 1.93 bits per heavy atom. The molecule has 1 atom stereocenters. The summed E-state index contributed by atoms with van der Waals surface area (Å²) in [7, 11) is 0. The van der Waals surface area contributed by atoms with Gasteiger partial charge in [-0.2, -0.15) is 0 Å². The first kappa shape index (κ1) is 20.7. The molecule has 1 amide bonds. The summed E-state index contributed by atoms with van der Waals surface area (Å²) < 4.78 is 32.6. The lowest BCUT2D eigenvalue weighted by Gasteiger charge is -2.28. The van der Waals surface area contributed by atoms with Gasteiger partial charge in [-0.15, -0.1) is 0 Å². The van der Waals surface area contributed by atoms with Gasteiger partial charge in [-0.25, -0.2) is 13.8 Å². The Balaban J connectivity index is 1.66. The smallest absolute Gasteiger partial charge is 0.223 e.